The minimum Gasteiger partial charge on any atom is -0.345 e. The van der Waals surface area contributed by atoms with Gasteiger partial charge in [0.25, 0.3) is 5.91 Å². The van der Waals surface area contributed by atoms with Crippen molar-refractivity contribution in [3.05, 3.63) is 41.1 Å². The van der Waals surface area contributed by atoms with Crippen LogP contribution in [0.2, 0.25) is 0 Å². The zero-order valence-electron chi connectivity index (χ0n) is 17.1. The maximum absolute atomic E-state index is 13.0. The van der Waals surface area contributed by atoms with Gasteiger partial charge in [-0.05, 0) is 29.6 Å². The monoisotopic (exact) mass is 464 g/mol. The van der Waals surface area contributed by atoms with Crippen LogP contribution in [0.4, 0.5) is 13.2 Å². The Balaban J connectivity index is 1.26. The second kappa shape index (κ2) is 7.50. The van der Waals surface area contributed by atoms with Crippen LogP contribution in [0.3, 0.4) is 0 Å². The Labute approximate surface area is 183 Å². The van der Waals surface area contributed by atoms with Crippen molar-refractivity contribution in [3.8, 4) is 0 Å². The number of fused-ring (bicyclic) bond motifs is 1. The molecule has 1 aliphatic heterocycles. The maximum atomic E-state index is 13.0. The summed E-state index contributed by atoms with van der Waals surface area (Å²) in [6.45, 7) is 0.0883. The standard InChI is InChI=1S/C19H19F3N8O3/c20-19(21,22)12-5-18(23,17(32)27-12)4-9-3-13-26-11(8-30(13)25-6-9)7-24-16(31)15-14(10-1-2-10)28-33-29-15/h3,6,8,10,12H,1-2,4-5,7,23H2,(H,24,31)(H,27,32). The van der Waals surface area contributed by atoms with Gasteiger partial charge in [-0.2, -0.15) is 18.3 Å². The second-order valence-electron chi connectivity index (χ2n) is 8.46. The molecule has 2 amide bonds. The van der Waals surface area contributed by atoms with E-state index < -0.39 is 36.0 Å². The van der Waals surface area contributed by atoms with Gasteiger partial charge in [0.15, 0.2) is 11.3 Å². The minimum atomic E-state index is -4.57. The van der Waals surface area contributed by atoms with Crippen LogP contribution in [0.25, 0.3) is 5.65 Å². The third kappa shape index (κ3) is 4.13. The van der Waals surface area contributed by atoms with Crippen molar-refractivity contribution in [1.29, 1.82) is 0 Å². The zero-order chi connectivity index (χ0) is 23.4. The van der Waals surface area contributed by atoms with Crippen LogP contribution in [0.1, 0.15) is 52.6 Å². The number of alkyl halides is 3. The highest BCUT2D eigenvalue weighted by Crippen LogP contribution is 2.40. The van der Waals surface area contributed by atoms with Crippen LogP contribution in [0, 0.1) is 0 Å². The summed E-state index contributed by atoms with van der Waals surface area (Å²) in [6.07, 6.45) is -0.355. The molecule has 0 bridgehead atoms. The molecule has 1 aliphatic carbocycles. The smallest absolute Gasteiger partial charge is 0.345 e. The summed E-state index contributed by atoms with van der Waals surface area (Å²) in [5, 5.41) is 16.3. The molecule has 2 aliphatic rings. The summed E-state index contributed by atoms with van der Waals surface area (Å²) in [6, 6.07) is -0.387. The lowest BCUT2D eigenvalue weighted by Crippen LogP contribution is -2.48. The summed E-state index contributed by atoms with van der Waals surface area (Å²) < 4.78 is 45.1. The molecule has 14 heteroatoms. The Hall–Kier alpha value is -3.55. The minimum absolute atomic E-state index is 0.0883. The highest BCUT2D eigenvalue weighted by molar-refractivity contribution is 5.93. The van der Waals surface area contributed by atoms with Gasteiger partial charge in [0.2, 0.25) is 5.91 Å². The zero-order valence-corrected chi connectivity index (χ0v) is 17.1. The van der Waals surface area contributed by atoms with Gasteiger partial charge < -0.3 is 16.4 Å². The van der Waals surface area contributed by atoms with E-state index in [1.54, 1.807) is 12.3 Å². The van der Waals surface area contributed by atoms with Crippen LogP contribution >= 0.6 is 0 Å². The number of halogens is 3. The van der Waals surface area contributed by atoms with Crippen LogP contribution in [0.5, 0.6) is 0 Å². The number of nitrogens with two attached hydrogens (primary N) is 1. The summed E-state index contributed by atoms with van der Waals surface area (Å²) >= 11 is 0. The molecule has 3 aromatic heterocycles. The number of amides is 2. The van der Waals surface area contributed by atoms with E-state index in [1.807, 2.05) is 5.32 Å². The lowest BCUT2D eigenvalue weighted by Gasteiger charge is -2.21. The molecular weight excluding hydrogens is 445 g/mol. The highest BCUT2D eigenvalue weighted by atomic mass is 19.4. The van der Waals surface area contributed by atoms with Gasteiger partial charge >= 0.3 is 6.18 Å². The van der Waals surface area contributed by atoms with E-state index in [-0.39, 0.29) is 24.6 Å². The number of imidazole rings is 1. The molecule has 33 heavy (non-hydrogen) atoms. The third-order valence-corrected chi connectivity index (χ3v) is 5.79. The molecule has 0 radical (unpaired) electrons. The molecule has 0 spiro atoms. The van der Waals surface area contributed by atoms with Gasteiger partial charge in [-0.15, -0.1) is 0 Å². The average Bonchev–Trinajstić information content (AvgIpc) is 3.19. The number of carbonyl (C=O) groups excluding carboxylic acids is 2. The highest BCUT2D eigenvalue weighted by Gasteiger charge is 2.53. The first-order valence-electron chi connectivity index (χ1n) is 10.2. The summed E-state index contributed by atoms with van der Waals surface area (Å²) in [4.78, 5) is 28.9. The van der Waals surface area contributed by atoms with Crippen molar-refractivity contribution in [2.45, 2.75) is 55.9 Å². The number of carbonyl (C=O) groups is 2. The molecule has 2 atom stereocenters. The number of hydrogen-bond acceptors (Lipinski definition) is 8. The molecule has 1 saturated heterocycles. The SMILES string of the molecule is NC1(Cc2cnn3cc(CNC(=O)c4nonc4C4CC4)nc3c2)CC(C(F)(F)F)NC1=O. The lowest BCUT2D eigenvalue weighted by molar-refractivity contribution is -0.155. The van der Waals surface area contributed by atoms with Crippen molar-refractivity contribution in [2.24, 2.45) is 5.73 Å². The van der Waals surface area contributed by atoms with Crippen molar-refractivity contribution in [1.82, 2.24) is 35.5 Å². The van der Waals surface area contributed by atoms with Gasteiger partial charge in [0, 0.05) is 18.8 Å². The first kappa shape index (κ1) is 21.3. The van der Waals surface area contributed by atoms with Gasteiger partial charge in [-0.25, -0.2) is 14.1 Å². The maximum Gasteiger partial charge on any atom is 0.408 e. The first-order valence-corrected chi connectivity index (χ1v) is 10.2. The molecule has 0 aromatic carbocycles. The van der Waals surface area contributed by atoms with E-state index in [0.717, 1.165) is 12.8 Å². The van der Waals surface area contributed by atoms with Gasteiger partial charge in [0.1, 0.15) is 17.3 Å². The van der Waals surface area contributed by atoms with Crippen molar-refractivity contribution in [3.63, 3.8) is 0 Å². The quantitative estimate of drug-likeness (QED) is 0.480. The van der Waals surface area contributed by atoms with E-state index in [1.165, 1.54) is 10.7 Å². The molecule has 3 aromatic rings. The largest absolute Gasteiger partial charge is 0.408 e. The molecular formula is C19H19F3N8O3. The van der Waals surface area contributed by atoms with E-state index in [9.17, 15) is 22.8 Å². The van der Waals surface area contributed by atoms with E-state index >= 15 is 0 Å². The molecule has 4 heterocycles. The Bertz CT molecular complexity index is 1230. The fourth-order valence-corrected chi connectivity index (χ4v) is 3.90. The molecule has 5 rings (SSSR count). The van der Waals surface area contributed by atoms with Crippen molar-refractivity contribution >= 4 is 17.5 Å². The number of nitrogens with one attached hydrogen (secondary N) is 2. The van der Waals surface area contributed by atoms with Crippen LogP contribution in [0.15, 0.2) is 23.1 Å². The average molecular weight is 464 g/mol. The summed E-state index contributed by atoms with van der Waals surface area (Å²) in [5.41, 5.74) is 6.36. The van der Waals surface area contributed by atoms with E-state index in [4.69, 9.17) is 5.73 Å². The molecule has 174 valence electrons. The molecule has 2 unspecified atom stereocenters. The molecule has 11 nitrogen and oxygen atoms in total. The van der Waals surface area contributed by atoms with Crippen molar-refractivity contribution < 1.29 is 27.4 Å². The Morgan fingerprint density at radius 3 is 2.85 bits per heavy atom. The van der Waals surface area contributed by atoms with Gasteiger partial charge in [0.05, 0.1) is 24.6 Å². The first-order chi connectivity index (χ1) is 15.6. The number of aromatic nitrogens is 5. The van der Waals surface area contributed by atoms with E-state index in [2.05, 4.69) is 30.3 Å². The molecule has 2 fully saturated rings. The molecule has 1 saturated carbocycles. The topological polar surface area (TPSA) is 153 Å². The Morgan fingerprint density at radius 1 is 1.36 bits per heavy atom. The number of hydrogen-bond donors (Lipinski definition) is 3. The summed E-state index contributed by atoms with van der Waals surface area (Å²) in [5.74, 6) is -1.08. The molecule has 4 N–H and O–H groups in total. The number of rotatable bonds is 6. The van der Waals surface area contributed by atoms with Gasteiger partial charge in [-0.3, -0.25) is 9.59 Å². The fourth-order valence-electron chi connectivity index (χ4n) is 3.90. The normalized spacial score (nSPS) is 23.2. The fraction of sp³-hybridized carbons (Fsp3) is 0.474. The number of nitrogens with zero attached hydrogens (tertiary/aromatic N) is 5. The predicted octanol–water partition coefficient (Wildman–Crippen LogP) is 0.610. The van der Waals surface area contributed by atoms with Crippen LogP contribution in [-0.2, 0) is 17.8 Å². The summed E-state index contributed by atoms with van der Waals surface area (Å²) in [7, 11) is 0. The predicted molar refractivity (Wildman–Crippen MR) is 104 cm³/mol. The Kier molecular flexibility index (Phi) is 4.84. The van der Waals surface area contributed by atoms with Gasteiger partial charge in [-0.1, -0.05) is 5.16 Å². The lowest BCUT2D eigenvalue weighted by atomic mass is 9.89. The van der Waals surface area contributed by atoms with Crippen molar-refractivity contribution in [2.75, 3.05) is 0 Å². The third-order valence-electron chi connectivity index (χ3n) is 5.79. The van der Waals surface area contributed by atoms with E-state index in [0.29, 0.717) is 22.6 Å². The second-order valence-corrected chi connectivity index (χ2v) is 8.46. The van der Waals surface area contributed by atoms with Crippen LogP contribution < -0.4 is 16.4 Å². The van der Waals surface area contributed by atoms with Crippen LogP contribution in [-0.4, -0.2) is 54.5 Å². The Morgan fingerprint density at radius 2 is 2.15 bits per heavy atom.